The van der Waals surface area contributed by atoms with Gasteiger partial charge in [-0.2, -0.15) is 5.26 Å². The molecular formula is C12H22N2O2. The van der Waals surface area contributed by atoms with Crippen LogP contribution in [0.4, 0.5) is 0 Å². The Labute approximate surface area is 97.9 Å². The second kappa shape index (κ2) is 7.61. The molecule has 1 aliphatic heterocycles. The van der Waals surface area contributed by atoms with E-state index in [0.717, 1.165) is 19.4 Å². The van der Waals surface area contributed by atoms with E-state index in [1.54, 1.807) is 0 Å². The first-order valence-electron chi connectivity index (χ1n) is 6.07. The van der Waals surface area contributed by atoms with Gasteiger partial charge in [-0.25, -0.2) is 0 Å². The van der Waals surface area contributed by atoms with Gasteiger partial charge in [-0.05, 0) is 33.1 Å². The maximum Gasteiger partial charge on any atom is 0.119 e. The molecule has 1 aliphatic rings. The summed E-state index contributed by atoms with van der Waals surface area (Å²) in [4.78, 5) is 0. The standard InChI is InChI=1S/C12H22N2O2/c1-10(2)14-11(7-13)8-15-9-12-5-3-4-6-16-12/h10-12,14H,3-6,8-9H2,1-2H3. The molecule has 0 aromatic carbocycles. The molecular weight excluding hydrogens is 204 g/mol. The van der Waals surface area contributed by atoms with Crippen LogP contribution in [0.25, 0.3) is 0 Å². The van der Waals surface area contributed by atoms with E-state index in [4.69, 9.17) is 14.7 Å². The minimum Gasteiger partial charge on any atom is -0.376 e. The van der Waals surface area contributed by atoms with Gasteiger partial charge in [-0.3, -0.25) is 5.32 Å². The lowest BCUT2D eigenvalue weighted by molar-refractivity contribution is -0.0423. The lowest BCUT2D eigenvalue weighted by Gasteiger charge is -2.23. The summed E-state index contributed by atoms with van der Waals surface area (Å²) in [6.45, 7) is 5.94. The third-order valence-corrected chi connectivity index (χ3v) is 2.55. The Morgan fingerprint density at radius 2 is 2.31 bits per heavy atom. The van der Waals surface area contributed by atoms with Crippen LogP contribution in [0, 0.1) is 11.3 Å². The minimum absolute atomic E-state index is 0.219. The molecule has 2 unspecified atom stereocenters. The fraction of sp³-hybridized carbons (Fsp3) is 0.917. The van der Waals surface area contributed by atoms with Crippen molar-refractivity contribution in [3.05, 3.63) is 0 Å². The van der Waals surface area contributed by atoms with Crippen molar-refractivity contribution in [3.63, 3.8) is 0 Å². The maximum absolute atomic E-state index is 8.89. The van der Waals surface area contributed by atoms with Gasteiger partial charge in [0.2, 0.25) is 0 Å². The highest BCUT2D eigenvalue weighted by Crippen LogP contribution is 2.12. The second-order valence-electron chi connectivity index (χ2n) is 4.53. The lowest BCUT2D eigenvalue weighted by Crippen LogP contribution is -2.38. The molecule has 0 bridgehead atoms. The van der Waals surface area contributed by atoms with Gasteiger partial charge in [-0.15, -0.1) is 0 Å². The normalized spacial score (nSPS) is 23.0. The number of ether oxygens (including phenoxy) is 2. The van der Waals surface area contributed by atoms with E-state index in [1.165, 1.54) is 6.42 Å². The molecule has 1 fully saturated rings. The first-order valence-corrected chi connectivity index (χ1v) is 6.07. The van der Waals surface area contributed by atoms with Crippen LogP contribution in [0.15, 0.2) is 0 Å². The molecule has 4 heteroatoms. The zero-order valence-electron chi connectivity index (χ0n) is 10.2. The molecule has 16 heavy (non-hydrogen) atoms. The van der Waals surface area contributed by atoms with E-state index in [1.807, 2.05) is 13.8 Å². The van der Waals surface area contributed by atoms with Crippen molar-refractivity contribution in [1.82, 2.24) is 5.32 Å². The summed E-state index contributed by atoms with van der Waals surface area (Å²) in [7, 11) is 0. The van der Waals surface area contributed by atoms with E-state index in [9.17, 15) is 0 Å². The summed E-state index contributed by atoms with van der Waals surface area (Å²) in [6, 6.07) is 2.28. The third-order valence-electron chi connectivity index (χ3n) is 2.55. The molecule has 1 N–H and O–H groups in total. The zero-order chi connectivity index (χ0) is 11.8. The number of hydrogen-bond acceptors (Lipinski definition) is 4. The fourth-order valence-corrected chi connectivity index (χ4v) is 1.78. The molecule has 0 aromatic heterocycles. The molecule has 0 amide bonds. The molecule has 0 aliphatic carbocycles. The zero-order valence-corrected chi connectivity index (χ0v) is 10.2. The topological polar surface area (TPSA) is 54.3 Å². The molecule has 0 saturated carbocycles. The molecule has 1 rings (SSSR count). The Morgan fingerprint density at radius 3 is 2.88 bits per heavy atom. The van der Waals surface area contributed by atoms with E-state index >= 15 is 0 Å². The predicted octanol–water partition coefficient (Wildman–Crippen LogP) is 1.46. The van der Waals surface area contributed by atoms with Crippen LogP contribution in [0.2, 0.25) is 0 Å². The Balaban J connectivity index is 2.10. The lowest BCUT2D eigenvalue weighted by atomic mass is 10.1. The second-order valence-corrected chi connectivity index (χ2v) is 4.53. The van der Waals surface area contributed by atoms with Crippen LogP contribution in [0.5, 0.6) is 0 Å². The van der Waals surface area contributed by atoms with E-state index in [2.05, 4.69) is 11.4 Å². The first kappa shape index (κ1) is 13.4. The molecule has 0 radical (unpaired) electrons. The summed E-state index contributed by atoms with van der Waals surface area (Å²) >= 11 is 0. The summed E-state index contributed by atoms with van der Waals surface area (Å²) in [6.07, 6.45) is 3.69. The molecule has 0 aromatic rings. The third kappa shape index (κ3) is 5.45. The smallest absolute Gasteiger partial charge is 0.119 e. The quantitative estimate of drug-likeness (QED) is 0.745. The van der Waals surface area contributed by atoms with E-state index < -0.39 is 0 Å². The Hall–Kier alpha value is -0.630. The van der Waals surface area contributed by atoms with Crippen molar-refractivity contribution < 1.29 is 9.47 Å². The van der Waals surface area contributed by atoms with Crippen molar-refractivity contribution in [3.8, 4) is 6.07 Å². The van der Waals surface area contributed by atoms with Gasteiger partial charge in [0.15, 0.2) is 0 Å². The van der Waals surface area contributed by atoms with Crippen LogP contribution < -0.4 is 5.32 Å². The average Bonchev–Trinajstić information content (AvgIpc) is 2.28. The van der Waals surface area contributed by atoms with Gasteiger partial charge in [0, 0.05) is 12.6 Å². The van der Waals surface area contributed by atoms with Gasteiger partial charge in [0.1, 0.15) is 6.04 Å². The van der Waals surface area contributed by atoms with Crippen molar-refractivity contribution in [2.45, 2.75) is 51.3 Å². The van der Waals surface area contributed by atoms with Crippen LogP contribution >= 0.6 is 0 Å². The van der Waals surface area contributed by atoms with Crippen LogP contribution in [0.3, 0.4) is 0 Å². The van der Waals surface area contributed by atoms with Crippen LogP contribution in [-0.2, 0) is 9.47 Å². The largest absolute Gasteiger partial charge is 0.376 e. The number of nitrogens with zero attached hydrogens (tertiary/aromatic N) is 1. The number of nitrogens with one attached hydrogen (secondary N) is 1. The van der Waals surface area contributed by atoms with Crippen LogP contribution in [0.1, 0.15) is 33.1 Å². The highest BCUT2D eigenvalue weighted by Gasteiger charge is 2.15. The molecule has 2 atom stereocenters. The maximum atomic E-state index is 8.89. The minimum atomic E-state index is -0.219. The predicted molar refractivity (Wildman–Crippen MR) is 62.1 cm³/mol. The highest BCUT2D eigenvalue weighted by atomic mass is 16.5. The van der Waals surface area contributed by atoms with E-state index in [-0.39, 0.29) is 12.1 Å². The summed E-state index contributed by atoms with van der Waals surface area (Å²) in [5.74, 6) is 0. The number of hydrogen-bond donors (Lipinski definition) is 1. The monoisotopic (exact) mass is 226 g/mol. The Bertz CT molecular complexity index is 220. The van der Waals surface area contributed by atoms with Crippen LogP contribution in [-0.4, -0.2) is 38.0 Å². The summed E-state index contributed by atoms with van der Waals surface area (Å²) in [5, 5.41) is 12.0. The molecule has 0 spiro atoms. The van der Waals surface area contributed by atoms with Crippen molar-refractivity contribution in [1.29, 1.82) is 5.26 Å². The SMILES string of the molecule is CC(C)NC(C#N)COCC1CCCCO1. The first-order chi connectivity index (χ1) is 7.72. The van der Waals surface area contributed by atoms with Crippen molar-refractivity contribution in [2.24, 2.45) is 0 Å². The summed E-state index contributed by atoms with van der Waals surface area (Å²) < 4.78 is 11.1. The van der Waals surface area contributed by atoms with Gasteiger partial charge >= 0.3 is 0 Å². The Kier molecular flexibility index (Phi) is 6.39. The highest BCUT2D eigenvalue weighted by molar-refractivity contribution is 4.90. The van der Waals surface area contributed by atoms with E-state index in [0.29, 0.717) is 19.3 Å². The number of rotatable bonds is 6. The van der Waals surface area contributed by atoms with Crippen molar-refractivity contribution in [2.75, 3.05) is 19.8 Å². The molecule has 4 nitrogen and oxygen atoms in total. The molecule has 1 heterocycles. The van der Waals surface area contributed by atoms with Crippen molar-refractivity contribution >= 4 is 0 Å². The molecule has 92 valence electrons. The number of nitriles is 1. The van der Waals surface area contributed by atoms with Gasteiger partial charge in [0.25, 0.3) is 0 Å². The summed E-state index contributed by atoms with van der Waals surface area (Å²) in [5.41, 5.74) is 0. The average molecular weight is 226 g/mol. The van der Waals surface area contributed by atoms with Gasteiger partial charge in [-0.1, -0.05) is 0 Å². The molecule has 1 saturated heterocycles. The fourth-order valence-electron chi connectivity index (χ4n) is 1.78. The Morgan fingerprint density at radius 1 is 1.50 bits per heavy atom. The van der Waals surface area contributed by atoms with Gasteiger partial charge in [0.05, 0.1) is 25.4 Å². The van der Waals surface area contributed by atoms with Gasteiger partial charge < -0.3 is 9.47 Å².